The van der Waals surface area contributed by atoms with Crippen LogP contribution in [0.3, 0.4) is 0 Å². The molecule has 0 spiro atoms. The molecule has 1 aromatic carbocycles. The quantitative estimate of drug-likeness (QED) is 0.609. The van der Waals surface area contributed by atoms with E-state index >= 15 is 0 Å². The summed E-state index contributed by atoms with van der Waals surface area (Å²) in [5.41, 5.74) is -4.84. The van der Waals surface area contributed by atoms with Crippen molar-refractivity contribution in [1.29, 1.82) is 0 Å². The first kappa shape index (κ1) is 15.3. The van der Waals surface area contributed by atoms with Gasteiger partial charge < -0.3 is 4.74 Å². The van der Waals surface area contributed by atoms with Crippen LogP contribution in [0.25, 0.3) is 0 Å². The molecule has 0 unspecified atom stereocenters. The SMILES string of the molecule is CCOC(=O)c1c(C(F)(F)F)cccc1C(F)(F)F. The van der Waals surface area contributed by atoms with Crippen molar-refractivity contribution in [1.82, 2.24) is 0 Å². The van der Waals surface area contributed by atoms with Crippen LogP contribution < -0.4 is 0 Å². The number of halogens is 6. The maximum atomic E-state index is 12.6. The Bertz CT molecular complexity index is 443. The summed E-state index contributed by atoms with van der Waals surface area (Å²) in [4.78, 5) is 11.4. The van der Waals surface area contributed by atoms with Crippen LogP contribution in [-0.2, 0) is 17.1 Å². The molecule has 0 saturated heterocycles. The van der Waals surface area contributed by atoms with E-state index in [2.05, 4.69) is 4.74 Å². The lowest BCUT2D eigenvalue weighted by Crippen LogP contribution is -2.21. The second-order valence-electron chi connectivity index (χ2n) is 3.44. The summed E-state index contributed by atoms with van der Waals surface area (Å²) in [6, 6.07) is 1.40. The van der Waals surface area contributed by atoms with E-state index in [0.717, 1.165) is 0 Å². The van der Waals surface area contributed by atoms with E-state index in [0.29, 0.717) is 18.2 Å². The first-order valence-corrected chi connectivity index (χ1v) is 5.03. The van der Waals surface area contributed by atoms with Crippen molar-refractivity contribution in [2.75, 3.05) is 6.61 Å². The fourth-order valence-corrected chi connectivity index (χ4v) is 1.45. The largest absolute Gasteiger partial charge is 0.462 e. The van der Waals surface area contributed by atoms with Crippen LogP contribution in [0.2, 0.25) is 0 Å². The topological polar surface area (TPSA) is 26.3 Å². The minimum absolute atomic E-state index is 0.331. The molecule has 0 bridgehead atoms. The van der Waals surface area contributed by atoms with Gasteiger partial charge in [0.05, 0.1) is 23.3 Å². The van der Waals surface area contributed by atoms with E-state index in [1.165, 1.54) is 6.92 Å². The molecule has 1 aromatic rings. The maximum Gasteiger partial charge on any atom is 0.417 e. The minimum atomic E-state index is -5.08. The normalized spacial score (nSPS) is 12.4. The lowest BCUT2D eigenvalue weighted by molar-refractivity contribution is -0.144. The van der Waals surface area contributed by atoms with Crippen molar-refractivity contribution in [3.8, 4) is 0 Å². The lowest BCUT2D eigenvalue weighted by Gasteiger charge is -2.17. The fraction of sp³-hybridized carbons (Fsp3) is 0.364. The van der Waals surface area contributed by atoms with Gasteiger partial charge in [-0.1, -0.05) is 6.07 Å². The van der Waals surface area contributed by atoms with Crippen LogP contribution in [0, 0.1) is 0 Å². The minimum Gasteiger partial charge on any atom is -0.462 e. The summed E-state index contributed by atoms with van der Waals surface area (Å²) >= 11 is 0. The van der Waals surface area contributed by atoms with Gasteiger partial charge in [-0.2, -0.15) is 26.3 Å². The number of alkyl halides is 6. The molecule has 0 aliphatic carbocycles. The van der Waals surface area contributed by atoms with Gasteiger partial charge in [-0.15, -0.1) is 0 Å². The van der Waals surface area contributed by atoms with Gasteiger partial charge in [0, 0.05) is 0 Å². The molecule has 0 amide bonds. The number of carbonyl (C=O) groups excluding carboxylic acids is 1. The smallest absolute Gasteiger partial charge is 0.417 e. The van der Waals surface area contributed by atoms with Gasteiger partial charge >= 0.3 is 18.3 Å². The molecule has 106 valence electrons. The lowest BCUT2D eigenvalue weighted by atomic mass is 10.00. The molecule has 0 N–H and O–H groups in total. The van der Waals surface area contributed by atoms with Crippen molar-refractivity contribution in [2.45, 2.75) is 19.3 Å². The Balaban J connectivity index is 3.55. The molecule has 1 rings (SSSR count). The number of rotatable bonds is 2. The van der Waals surface area contributed by atoms with Gasteiger partial charge in [0.2, 0.25) is 0 Å². The molecular formula is C11H8F6O2. The predicted octanol–water partition coefficient (Wildman–Crippen LogP) is 3.90. The van der Waals surface area contributed by atoms with E-state index in [1.807, 2.05) is 0 Å². The van der Waals surface area contributed by atoms with Crippen molar-refractivity contribution in [3.63, 3.8) is 0 Å². The Morgan fingerprint density at radius 2 is 1.47 bits per heavy atom. The molecule has 19 heavy (non-hydrogen) atoms. The Kier molecular flexibility index (Phi) is 4.12. The zero-order chi connectivity index (χ0) is 14.8. The summed E-state index contributed by atoms with van der Waals surface area (Å²) in [7, 11) is 0. The number of ether oxygens (including phenoxy) is 1. The third kappa shape index (κ3) is 3.39. The van der Waals surface area contributed by atoms with Crippen LogP contribution in [0.4, 0.5) is 26.3 Å². The molecule has 0 atom stereocenters. The standard InChI is InChI=1S/C11H8F6O2/c1-2-19-9(18)8-6(10(12,13)14)4-3-5-7(8)11(15,16)17/h3-5H,2H2,1H3. The summed E-state index contributed by atoms with van der Waals surface area (Å²) in [5, 5.41) is 0. The molecular weight excluding hydrogens is 278 g/mol. The summed E-state index contributed by atoms with van der Waals surface area (Å²) in [5.74, 6) is -1.65. The number of esters is 1. The maximum absolute atomic E-state index is 12.6. The van der Waals surface area contributed by atoms with Gasteiger partial charge in [-0.3, -0.25) is 0 Å². The van der Waals surface area contributed by atoms with Gasteiger partial charge in [0.1, 0.15) is 0 Å². The van der Waals surface area contributed by atoms with Crippen LogP contribution in [0.5, 0.6) is 0 Å². The number of carbonyl (C=O) groups is 1. The Morgan fingerprint density at radius 1 is 1.05 bits per heavy atom. The fourth-order valence-electron chi connectivity index (χ4n) is 1.45. The Morgan fingerprint density at radius 3 is 1.79 bits per heavy atom. The van der Waals surface area contributed by atoms with E-state index in [9.17, 15) is 31.1 Å². The average Bonchev–Trinajstić information content (AvgIpc) is 2.26. The van der Waals surface area contributed by atoms with Crippen LogP contribution in [0.1, 0.15) is 28.4 Å². The van der Waals surface area contributed by atoms with E-state index < -0.39 is 35.0 Å². The highest BCUT2D eigenvalue weighted by Crippen LogP contribution is 2.39. The zero-order valence-corrected chi connectivity index (χ0v) is 9.52. The molecule has 0 heterocycles. The highest BCUT2D eigenvalue weighted by molar-refractivity contribution is 5.93. The van der Waals surface area contributed by atoms with E-state index in [-0.39, 0.29) is 6.61 Å². The molecule has 2 nitrogen and oxygen atoms in total. The number of hydrogen-bond donors (Lipinski definition) is 0. The molecule has 0 aromatic heterocycles. The van der Waals surface area contributed by atoms with Crippen molar-refractivity contribution in [3.05, 3.63) is 34.9 Å². The molecule has 0 radical (unpaired) electrons. The monoisotopic (exact) mass is 286 g/mol. The molecule has 0 fully saturated rings. The van der Waals surface area contributed by atoms with Gasteiger partial charge in [-0.25, -0.2) is 4.79 Å². The second kappa shape index (κ2) is 5.10. The Labute approximate surface area is 104 Å². The third-order valence-corrected chi connectivity index (χ3v) is 2.15. The average molecular weight is 286 g/mol. The summed E-state index contributed by atoms with van der Waals surface area (Å²) in [6.45, 7) is 0.948. The zero-order valence-electron chi connectivity index (χ0n) is 9.52. The molecule has 0 saturated carbocycles. The highest BCUT2D eigenvalue weighted by atomic mass is 19.4. The molecule has 0 aliphatic heterocycles. The van der Waals surface area contributed by atoms with Crippen molar-refractivity contribution >= 4 is 5.97 Å². The third-order valence-electron chi connectivity index (χ3n) is 2.15. The van der Waals surface area contributed by atoms with Gasteiger partial charge in [0.25, 0.3) is 0 Å². The van der Waals surface area contributed by atoms with Gasteiger partial charge in [0.15, 0.2) is 0 Å². The van der Waals surface area contributed by atoms with Gasteiger partial charge in [-0.05, 0) is 19.1 Å². The summed E-state index contributed by atoms with van der Waals surface area (Å²) in [6.07, 6.45) is -10.2. The van der Waals surface area contributed by atoms with Crippen LogP contribution in [0.15, 0.2) is 18.2 Å². The Hall–Kier alpha value is -1.73. The first-order valence-electron chi connectivity index (χ1n) is 5.03. The second-order valence-corrected chi connectivity index (χ2v) is 3.44. The van der Waals surface area contributed by atoms with Crippen molar-refractivity contribution in [2.24, 2.45) is 0 Å². The highest BCUT2D eigenvalue weighted by Gasteiger charge is 2.43. The van der Waals surface area contributed by atoms with Crippen molar-refractivity contribution < 1.29 is 35.9 Å². The van der Waals surface area contributed by atoms with E-state index in [4.69, 9.17) is 0 Å². The number of benzene rings is 1. The molecule has 8 heteroatoms. The molecule has 0 aliphatic rings. The predicted molar refractivity (Wildman–Crippen MR) is 52.4 cm³/mol. The van der Waals surface area contributed by atoms with E-state index in [1.54, 1.807) is 0 Å². The van der Waals surface area contributed by atoms with Crippen LogP contribution in [-0.4, -0.2) is 12.6 Å². The number of hydrogen-bond acceptors (Lipinski definition) is 2. The first-order chi connectivity index (χ1) is 8.59. The summed E-state index contributed by atoms with van der Waals surface area (Å²) < 4.78 is 80.1. The van der Waals surface area contributed by atoms with Crippen LogP contribution >= 0.6 is 0 Å².